The van der Waals surface area contributed by atoms with Crippen LogP contribution in [0.15, 0.2) is 12.1 Å². The third-order valence-corrected chi connectivity index (χ3v) is 3.93. The number of carbonyl (C=O) groups is 1. The standard InChI is InChI=1S/C13H15Cl2NO2/c1-2-18-13(17)8-3-7-4-10(14)11(15)6-9(7)12(16)5-8/h4,6,8,12H,2-3,5,16H2,1H3/t8-,12+/m0/s1. The zero-order chi connectivity index (χ0) is 13.3. The van der Waals surface area contributed by atoms with Gasteiger partial charge in [0.2, 0.25) is 0 Å². The first-order chi connectivity index (χ1) is 8.52. The molecule has 2 N–H and O–H groups in total. The second-order valence-corrected chi connectivity index (χ2v) is 5.27. The van der Waals surface area contributed by atoms with E-state index in [2.05, 4.69) is 0 Å². The lowest BCUT2D eigenvalue weighted by atomic mass is 9.81. The van der Waals surface area contributed by atoms with E-state index in [4.69, 9.17) is 33.7 Å². The molecule has 1 aromatic carbocycles. The first-order valence-electron chi connectivity index (χ1n) is 5.93. The summed E-state index contributed by atoms with van der Waals surface area (Å²) in [7, 11) is 0. The number of benzene rings is 1. The van der Waals surface area contributed by atoms with Crippen LogP contribution in [0.5, 0.6) is 0 Å². The molecule has 0 saturated carbocycles. The number of hydrogen-bond donors (Lipinski definition) is 1. The van der Waals surface area contributed by atoms with Crippen molar-refractivity contribution in [2.24, 2.45) is 11.7 Å². The Kier molecular flexibility index (Phi) is 4.15. The Labute approximate surface area is 116 Å². The van der Waals surface area contributed by atoms with E-state index in [1.807, 2.05) is 0 Å². The van der Waals surface area contributed by atoms with Crippen molar-refractivity contribution in [3.63, 3.8) is 0 Å². The Morgan fingerprint density at radius 1 is 1.44 bits per heavy atom. The Bertz CT molecular complexity index is 476. The fourth-order valence-corrected chi connectivity index (χ4v) is 2.71. The number of ether oxygens (including phenoxy) is 1. The van der Waals surface area contributed by atoms with E-state index in [0.29, 0.717) is 29.5 Å². The highest BCUT2D eigenvalue weighted by molar-refractivity contribution is 6.42. The number of halogens is 2. The zero-order valence-corrected chi connectivity index (χ0v) is 11.6. The highest BCUT2D eigenvalue weighted by Crippen LogP contribution is 2.36. The highest BCUT2D eigenvalue weighted by atomic mass is 35.5. The fraction of sp³-hybridized carbons (Fsp3) is 0.462. The molecule has 0 aliphatic heterocycles. The van der Waals surface area contributed by atoms with Crippen LogP contribution in [0, 0.1) is 5.92 Å². The number of nitrogens with two attached hydrogens (primary N) is 1. The summed E-state index contributed by atoms with van der Waals surface area (Å²) >= 11 is 12.0. The minimum atomic E-state index is -0.196. The number of hydrogen-bond acceptors (Lipinski definition) is 3. The van der Waals surface area contributed by atoms with Crippen LogP contribution in [0.3, 0.4) is 0 Å². The van der Waals surface area contributed by atoms with Gasteiger partial charge in [-0.1, -0.05) is 23.2 Å². The van der Waals surface area contributed by atoms with Gasteiger partial charge in [-0.25, -0.2) is 0 Å². The molecule has 0 saturated heterocycles. The summed E-state index contributed by atoms with van der Waals surface area (Å²) < 4.78 is 5.05. The molecule has 0 fully saturated rings. The molecule has 3 nitrogen and oxygen atoms in total. The summed E-state index contributed by atoms with van der Waals surface area (Å²) in [6, 6.07) is 3.40. The maximum absolute atomic E-state index is 11.8. The average Bonchev–Trinajstić information content (AvgIpc) is 2.32. The smallest absolute Gasteiger partial charge is 0.309 e. The van der Waals surface area contributed by atoms with E-state index in [0.717, 1.165) is 11.1 Å². The van der Waals surface area contributed by atoms with Gasteiger partial charge in [-0.15, -0.1) is 0 Å². The van der Waals surface area contributed by atoms with Gasteiger partial charge in [0.1, 0.15) is 0 Å². The van der Waals surface area contributed by atoms with Gasteiger partial charge in [0.25, 0.3) is 0 Å². The molecule has 0 aromatic heterocycles. The molecule has 0 unspecified atom stereocenters. The molecule has 0 spiro atoms. The molecule has 5 heteroatoms. The Morgan fingerprint density at radius 3 is 2.78 bits per heavy atom. The van der Waals surface area contributed by atoms with Crippen molar-refractivity contribution < 1.29 is 9.53 Å². The van der Waals surface area contributed by atoms with Crippen LogP contribution in [0.2, 0.25) is 10.0 Å². The van der Waals surface area contributed by atoms with E-state index in [-0.39, 0.29) is 17.9 Å². The minimum absolute atomic E-state index is 0.190. The quantitative estimate of drug-likeness (QED) is 0.851. The molecule has 0 heterocycles. The van der Waals surface area contributed by atoms with Crippen LogP contribution >= 0.6 is 23.2 Å². The van der Waals surface area contributed by atoms with Crippen LogP contribution < -0.4 is 5.73 Å². The summed E-state index contributed by atoms with van der Waals surface area (Å²) in [5, 5.41) is 0.993. The topological polar surface area (TPSA) is 52.3 Å². The van der Waals surface area contributed by atoms with Crippen LogP contribution in [-0.2, 0) is 16.0 Å². The van der Waals surface area contributed by atoms with Crippen LogP contribution in [-0.4, -0.2) is 12.6 Å². The molecule has 1 aromatic rings. The van der Waals surface area contributed by atoms with Gasteiger partial charge in [-0.2, -0.15) is 0 Å². The van der Waals surface area contributed by atoms with E-state index < -0.39 is 0 Å². The van der Waals surface area contributed by atoms with Crippen LogP contribution in [0.1, 0.15) is 30.5 Å². The number of rotatable bonds is 2. The second kappa shape index (κ2) is 5.47. The monoisotopic (exact) mass is 287 g/mol. The van der Waals surface area contributed by atoms with Gasteiger partial charge in [-0.05, 0) is 43.0 Å². The second-order valence-electron chi connectivity index (χ2n) is 4.46. The van der Waals surface area contributed by atoms with Gasteiger partial charge in [0, 0.05) is 6.04 Å². The number of carbonyl (C=O) groups excluding carboxylic acids is 1. The van der Waals surface area contributed by atoms with Crippen molar-refractivity contribution in [3.8, 4) is 0 Å². The molecular weight excluding hydrogens is 273 g/mol. The van der Waals surface area contributed by atoms with E-state index in [1.54, 1.807) is 19.1 Å². The van der Waals surface area contributed by atoms with Gasteiger partial charge in [0.15, 0.2) is 0 Å². The predicted octanol–water partition coefficient (Wildman–Crippen LogP) is 3.12. The molecule has 18 heavy (non-hydrogen) atoms. The molecule has 0 amide bonds. The minimum Gasteiger partial charge on any atom is -0.466 e. The first kappa shape index (κ1) is 13.7. The van der Waals surface area contributed by atoms with Crippen LogP contribution in [0.25, 0.3) is 0 Å². The largest absolute Gasteiger partial charge is 0.466 e. The summed E-state index contributed by atoms with van der Waals surface area (Å²) in [6.45, 7) is 2.18. The van der Waals surface area contributed by atoms with E-state index in [9.17, 15) is 4.79 Å². The van der Waals surface area contributed by atoms with Gasteiger partial charge in [0.05, 0.1) is 22.6 Å². The Hall–Kier alpha value is -0.770. The van der Waals surface area contributed by atoms with E-state index in [1.165, 1.54) is 0 Å². The zero-order valence-electron chi connectivity index (χ0n) is 10.1. The van der Waals surface area contributed by atoms with Gasteiger partial charge in [-0.3, -0.25) is 4.79 Å². The molecule has 2 atom stereocenters. The third kappa shape index (κ3) is 2.63. The maximum atomic E-state index is 11.8. The van der Waals surface area contributed by atoms with Crippen molar-refractivity contribution in [3.05, 3.63) is 33.3 Å². The molecule has 0 bridgehead atoms. The molecule has 98 valence electrons. The van der Waals surface area contributed by atoms with E-state index >= 15 is 0 Å². The molecule has 1 aliphatic carbocycles. The summed E-state index contributed by atoms with van der Waals surface area (Å²) in [5.74, 6) is -0.380. The molecule has 0 radical (unpaired) electrons. The normalized spacial score (nSPS) is 22.4. The lowest BCUT2D eigenvalue weighted by molar-refractivity contribution is -0.148. The highest BCUT2D eigenvalue weighted by Gasteiger charge is 2.30. The molecular formula is C13H15Cl2NO2. The Morgan fingerprint density at radius 2 is 2.11 bits per heavy atom. The van der Waals surface area contributed by atoms with Crippen molar-refractivity contribution >= 4 is 29.2 Å². The molecule has 1 aliphatic rings. The predicted molar refractivity (Wildman–Crippen MR) is 71.8 cm³/mol. The average molecular weight is 288 g/mol. The van der Waals surface area contributed by atoms with Crippen molar-refractivity contribution in [2.45, 2.75) is 25.8 Å². The maximum Gasteiger partial charge on any atom is 0.309 e. The Balaban J connectivity index is 2.28. The fourth-order valence-electron chi connectivity index (χ4n) is 2.35. The summed E-state index contributed by atoms with van der Waals surface area (Å²) in [5.41, 5.74) is 8.04. The molecule has 2 rings (SSSR count). The SMILES string of the molecule is CCOC(=O)[C@H]1Cc2cc(Cl)c(Cl)cc2[C@H](N)C1. The van der Waals surface area contributed by atoms with Gasteiger partial charge < -0.3 is 10.5 Å². The number of fused-ring (bicyclic) bond motifs is 1. The van der Waals surface area contributed by atoms with Crippen LogP contribution in [0.4, 0.5) is 0 Å². The lowest BCUT2D eigenvalue weighted by Gasteiger charge is -2.28. The van der Waals surface area contributed by atoms with Crippen molar-refractivity contribution in [2.75, 3.05) is 6.61 Å². The lowest BCUT2D eigenvalue weighted by Crippen LogP contribution is -2.30. The summed E-state index contributed by atoms with van der Waals surface area (Å²) in [4.78, 5) is 11.8. The summed E-state index contributed by atoms with van der Waals surface area (Å²) in [6.07, 6.45) is 1.20. The number of esters is 1. The third-order valence-electron chi connectivity index (χ3n) is 3.21. The van der Waals surface area contributed by atoms with Crippen molar-refractivity contribution in [1.29, 1.82) is 0 Å². The first-order valence-corrected chi connectivity index (χ1v) is 6.68. The van der Waals surface area contributed by atoms with Gasteiger partial charge >= 0.3 is 5.97 Å². The van der Waals surface area contributed by atoms with Crippen molar-refractivity contribution in [1.82, 2.24) is 0 Å².